The van der Waals surface area contributed by atoms with Crippen molar-refractivity contribution in [3.63, 3.8) is 0 Å². The zero-order valence-electron chi connectivity index (χ0n) is 14.8. The van der Waals surface area contributed by atoms with E-state index >= 15 is 0 Å². The number of nitrogens with zero attached hydrogens (tertiary/aromatic N) is 1. The summed E-state index contributed by atoms with van der Waals surface area (Å²) in [7, 11) is 0. The summed E-state index contributed by atoms with van der Waals surface area (Å²) in [5, 5.41) is 5.75. The van der Waals surface area contributed by atoms with Crippen molar-refractivity contribution in [3.05, 3.63) is 102 Å². The topological polar surface area (TPSA) is 71.1 Å². The van der Waals surface area contributed by atoms with Gasteiger partial charge in [0.2, 0.25) is 5.91 Å². The smallest absolute Gasteiger partial charge is 0.251 e. The van der Waals surface area contributed by atoms with Crippen molar-refractivity contribution >= 4 is 11.8 Å². The van der Waals surface area contributed by atoms with Crippen LogP contribution in [0.3, 0.4) is 0 Å². The normalized spacial score (nSPS) is 11.4. The predicted molar refractivity (Wildman–Crippen MR) is 104 cm³/mol. The van der Waals surface area contributed by atoms with Crippen LogP contribution in [0.15, 0.2) is 85.2 Å². The predicted octanol–water partition coefficient (Wildman–Crippen LogP) is 2.74. The van der Waals surface area contributed by atoms with Crippen molar-refractivity contribution in [1.82, 2.24) is 15.6 Å². The lowest BCUT2D eigenvalue weighted by molar-refractivity contribution is -0.123. The van der Waals surface area contributed by atoms with Crippen molar-refractivity contribution in [2.75, 3.05) is 0 Å². The Morgan fingerprint density at radius 1 is 0.815 bits per heavy atom. The highest BCUT2D eigenvalue weighted by molar-refractivity contribution is 5.97. The van der Waals surface area contributed by atoms with Crippen LogP contribution >= 0.6 is 0 Å². The number of benzene rings is 2. The van der Waals surface area contributed by atoms with Crippen molar-refractivity contribution < 1.29 is 9.59 Å². The third kappa shape index (κ3) is 5.51. The Morgan fingerprint density at radius 3 is 2.11 bits per heavy atom. The monoisotopic (exact) mass is 359 g/mol. The highest BCUT2D eigenvalue weighted by Crippen LogP contribution is 2.06. The first-order chi connectivity index (χ1) is 13.2. The first kappa shape index (κ1) is 18.3. The lowest BCUT2D eigenvalue weighted by Crippen LogP contribution is -2.47. The summed E-state index contributed by atoms with van der Waals surface area (Å²) >= 11 is 0. The Balaban J connectivity index is 1.70. The molecule has 0 spiro atoms. The van der Waals surface area contributed by atoms with Crippen LogP contribution in [-0.4, -0.2) is 22.8 Å². The van der Waals surface area contributed by atoms with Gasteiger partial charge in [0.05, 0.1) is 0 Å². The lowest BCUT2D eigenvalue weighted by atomic mass is 10.0. The summed E-state index contributed by atoms with van der Waals surface area (Å²) in [5.41, 5.74) is 2.46. The second kappa shape index (κ2) is 9.29. The molecule has 0 radical (unpaired) electrons. The lowest BCUT2D eigenvalue weighted by Gasteiger charge is -2.19. The van der Waals surface area contributed by atoms with Crippen molar-refractivity contribution in [1.29, 1.82) is 0 Å². The number of carbonyl (C=O) groups is 2. The van der Waals surface area contributed by atoms with Crippen LogP contribution in [0.1, 0.15) is 21.5 Å². The maximum atomic E-state index is 12.7. The Morgan fingerprint density at radius 2 is 1.44 bits per heavy atom. The molecule has 1 aromatic heterocycles. The van der Waals surface area contributed by atoms with E-state index in [2.05, 4.69) is 15.6 Å². The zero-order chi connectivity index (χ0) is 18.9. The van der Waals surface area contributed by atoms with Gasteiger partial charge >= 0.3 is 0 Å². The van der Waals surface area contributed by atoms with Crippen LogP contribution in [0, 0.1) is 0 Å². The van der Waals surface area contributed by atoms with Gasteiger partial charge in [-0.3, -0.25) is 14.6 Å². The summed E-state index contributed by atoms with van der Waals surface area (Å²) in [6.45, 7) is 0.383. The molecule has 0 aliphatic carbocycles. The quantitative estimate of drug-likeness (QED) is 0.681. The molecule has 0 aliphatic heterocycles. The SMILES string of the molecule is O=C(N[C@H](Cc1ccccc1)C(=O)NCc1ccncc1)c1ccccc1. The zero-order valence-corrected chi connectivity index (χ0v) is 14.8. The van der Waals surface area contributed by atoms with Crippen LogP contribution in [0.5, 0.6) is 0 Å². The van der Waals surface area contributed by atoms with Crippen molar-refractivity contribution in [2.45, 2.75) is 19.0 Å². The van der Waals surface area contributed by atoms with Gasteiger partial charge in [0.1, 0.15) is 6.04 Å². The molecule has 3 rings (SSSR count). The number of nitrogens with one attached hydrogen (secondary N) is 2. The van der Waals surface area contributed by atoms with E-state index in [-0.39, 0.29) is 11.8 Å². The molecule has 0 unspecified atom stereocenters. The highest BCUT2D eigenvalue weighted by atomic mass is 16.2. The Bertz CT molecular complexity index is 868. The van der Waals surface area contributed by atoms with Gasteiger partial charge in [-0.15, -0.1) is 0 Å². The number of hydrogen-bond donors (Lipinski definition) is 2. The maximum Gasteiger partial charge on any atom is 0.251 e. The fraction of sp³-hybridized carbons (Fsp3) is 0.136. The standard InChI is InChI=1S/C22H21N3O2/c26-21(19-9-5-2-6-10-19)25-20(15-17-7-3-1-4-8-17)22(27)24-16-18-11-13-23-14-12-18/h1-14,20H,15-16H2,(H,24,27)(H,25,26)/t20-/m1/s1. The van der Waals surface area contributed by atoms with E-state index in [1.54, 1.807) is 36.7 Å². The maximum absolute atomic E-state index is 12.7. The molecule has 0 bridgehead atoms. The van der Waals surface area contributed by atoms with Gasteiger partial charge in [0.15, 0.2) is 0 Å². The largest absolute Gasteiger partial charge is 0.350 e. The average Bonchev–Trinajstić information content (AvgIpc) is 2.73. The summed E-state index contributed by atoms with van der Waals surface area (Å²) in [4.78, 5) is 29.2. The molecular weight excluding hydrogens is 338 g/mol. The summed E-state index contributed by atoms with van der Waals surface area (Å²) in [6, 6.07) is 21.6. The average molecular weight is 359 g/mol. The Labute approximate surface area is 158 Å². The number of aromatic nitrogens is 1. The summed E-state index contributed by atoms with van der Waals surface area (Å²) in [6.07, 6.45) is 3.78. The molecule has 2 aromatic carbocycles. The number of amides is 2. The van der Waals surface area contributed by atoms with E-state index in [0.717, 1.165) is 11.1 Å². The molecule has 1 atom stereocenters. The first-order valence-corrected chi connectivity index (χ1v) is 8.79. The van der Waals surface area contributed by atoms with Gasteiger partial charge in [0, 0.05) is 30.9 Å². The van der Waals surface area contributed by atoms with Gasteiger partial charge < -0.3 is 10.6 Å². The minimum absolute atomic E-state index is 0.222. The number of pyridine rings is 1. The van der Waals surface area contributed by atoms with Crippen LogP contribution in [0.4, 0.5) is 0 Å². The molecular formula is C22H21N3O2. The van der Waals surface area contributed by atoms with Crippen molar-refractivity contribution in [3.8, 4) is 0 Å². The fourth-order valence-electron chi connectivity index (χ4n) is 2.70. The molecule has 2 amide bonds. The minimum atomic E-state index is -0.665. The van der Waals surface area contributed by atoms with Crippen molar-refractivity contribution in [2.24, 2.45) is 0 Å². The molecule has 2 N–H and O–H groups in total. The molecule has 3 aromatic rings. The number of hydrogen-bond acceptors (Lipinski definition) is 3. The van der Waals surface area contributed by atoms with E-state index < -0.39 is 6.04 Å². The van der Waals surface area contributed by atoms with E-state index in [4.69, 9.17) is 0 Å². The van der Waals surface area contributed by atoms with Crippen LogP contribution < -0.4 is 10.6 Å². The molecule has 27 heavy (non-hydrogen) atoms. The van der Waals surface area contributed by atoms with Crippen LogP contribution in [0.2, 0.25) is 0 Å². The summed E-state index contributed by atoms with van der Waals surface area (Å²) in [5.74, 6) is -0.490. The van der Waals surface area contributed by atoms with E-state index in [0.29, 0.717) is 18.5 Å². The number of carbonyl (C=O) groups excluding carboxylic acids is 2. The fourth-order valence-corrected chi connectivity index (χ4v) is 2.70. The second-order valence-corrected chi connectivity index (χ2v) is 6.16. The van der Waals surface area contributed by atoms with Gasteiger partial charge in [-0.05, 0) is 35.4 Å². The molecule has 1 heterocycles. The first-order valence-electron chi connectivity index (χ1n) is 8.79. The molecule has 136 valence electrons. The highest BCUT2D eigenvalue weighted by Gasteiger charge is 2.21. The summed E-state index contributed by atoms with van der Waals surface area (Å²) < 4.78 is 0. The minimum Gasteiger partial charge on any atom is -0.350 e. The number of rotatable bonds is 7. The molecule has 0 aliphatic rings. The van der Waals surface area contributed by atoms with Gasteiger partial charge in [-0.1, -0.05) is 48.5 Å². The Kier molecular flexibility index (Phi) is 6.30. The van der Waals surface area contributed by atoms with Gasteiger partial charge in [0.25, 0.3) is 5.91 Å². The van der Waals surface area contributed by atoms with Crippen LogP contribution in [0.25, 0.3) is 0 Å². The van der Waals surface area contributed by atoms with Gasteiger partial charge in [-0.25, -0.2) is 0 Å². The third-order valence-electron chi connectivity index (χ3n) is 4.16. The molecule has 0 saturated carbocycles. The molecule has 0 fully saturated rings. The van der Waals surface area contributed by atoms with E-state index in [9.17, 15) is 9.59 Å². The molecule has 5 nitrogen and oxygen atoms in total. The molecule has 0 saturated heterocycles. The Hall–Kier alpha value is -3.47. The second-order valence-electron chi connectivity index (χ2n) is 6.16. The van der Waals surface area contributed by atoms with Gasteiger partial charge in [-0.2, -0.15) is 0 Å². The van der Waals surface area contributed by atoms with Crippen LogP contribution in [-0.2, 0) is 17.8 Å². The molecule has 5 heteroatoms. The third-order valence-corrected chi connectivity index (χ3v) is 4.16. The van der Waals surface area contributed by atoms with E-state index in [1.807, 2.05) is 48.5 Å². The van der Waals surface area contributed by atoms with E-state index in [1.165, 1.54) is 0 Å².